The van der Waals surface area contributed by atoms with Crippen LogP contribution in [-0.4, -0.2) is 77.0 Å². The van der Waals surface area contributed by atoms with Crippen LogP contribution in [0.3, 0.4) is 0 Å². The smallest absolute Gasteiger partial charge is 0.414 e. The maximum Gasteiger partial charge on any atom is 0.414 e. The maximum atomic E-state index is 14.6. The number of aliphatic hydroxyl groups is 1. The monoisotopic (exact) mass is 643 g/mol. The number of hydrogen-bond acceptors (Lipinski definition) is 8. The lowest BCUT2D eigenvalue weighted by molar-refractivity contribution is -0.204. The Morgan fingerprint density at radius 3 is 2.51 bits per heavy atom. The quantitative estimate of drug-likeness (QED) is 0.339. The van der Waals surface area contributed by atoms with Crippen molar-refractivity contribution in [1.82, 2.24) is 14.9 Å². The number of aliphatic hydroxyl groups excluding tert-OH is 1. The van der Waals surface area contributed by atoms with E-state index < -0.39 is 29.5 Å². The van der Waals surface area contributed by atoms with Gasteiger partial charge < -0.3 is 20.5 Å². The number of carbonyl (C=O) groups excluding carboxylic acids is 2. The van der Waals surface area contributed by atoms with Crippen LogP contribution in [0.2, 0.25) is 0 Å². The first kappa shape index (κ1) is 30.4. The number of thiazole rings is 1. The number of alkyl halides is 3. The number of benzene rings is 1. The summed E-state index contributed by atoms with van der Waals surface area (Å²) in [7, 11) is 0. The molecule has 4 heterocycles. The Bertz CT molecular complexity index is 1600. The number of ether oxygens (including phenoxy) is 1. The number of cyclic esters (lactones) is 1. The van der Waals surface area contributed by atoms with Gasteiger partial charge in [-0.25, -0.2) is 14.8 Å². The Morgan fingerprint density at radius 2 is 1.89 bits per heavy atom. The van der Waals surface area contributed by atoms with Crippen molar-refractivity contribution in [3.05, 3.63) is 52.2 Å². The van der Waals surface area contributed by atoms with Crippen LogP contribution in [0.5, 0.6) is 0 Å². The lowest BCUT2D eigenvalue weighted by Gasteiger charge is -2.40. The minimum Gasteiger partial charge on any atom is -0.447 e. The van der Waals surface area contributed by atoms with E-state index in [0.29, 0.717) is 54.9 Å². The average Bonchev–Trinajstić information content (AvgIpc) is 3.58. The zero-order chi connectivity index (χ0) is 31.5. The fraction of sp³-hybridized carbons (Fsp3) is 0.562. The maximum absolute atomic E-state index is 14.6. The lowest BCUT2D eigenvalue weighted by atomic mass is 9.66. The van der Waals surface area contributed by atoms with Crippen LogP contribution in [0.25, 0.3) is 10.3 Å². The van der Waals surface area contributed by atoms with Crippen LogP contribution < -0.4 is 10.6 Å². The normalized spacial score (nSPS) is 24.4. The van der Waals surface area contributed by atoms with Gasteiger partial charge in [0.05, 0.1) is 18.1 Å². The lowest BCUT2D eigenvalue weighted by Crippen LogP contribution is -2.39. The number of nitrogens with two attached hydrogens (primary N) is 1. The van der Waals surface area contributed by atoms with E-state index >= 15 is 0 Å². The zero-order valence-corrected chi connectivity index (χ0v) is 25.6. The minimum atomic E-state index is -4.30. The third-order valence-electron chi connectivity index (χ3n) is 10.4. The van der Waals surface area contributed by atoms with Crippen molar-refractivity contribution < 1.29 is 32.6 Å². The first-order valence-corrected chi connectivity index (χ1v) is 16.5. The third kappa shape index (κ3) is 5.67. The molecule has 1 aromatic carbocycles. The van der Waals surface area contributed by atoms with Crippen molar-refractivity contribution in [2.45, 2.75) is 69.1 Å². The van der Waals surface area contributed by atoms with Gasteiger partial charge in [0.2, 0.25) is 0 Å². The van der Waals surface area contributed by atoms with Crippen LogP contribution in [0.4, 0.5) is 23.7 Å². The highest BCUT2D eigenvalue weighted by molar-refractivity contribution is 7.19. The summed E-state index contributed by atoms with van der Waals surface area (Å²) in [4.78, 5) is 37.9. The van der Waals surface area contributed by atoms with E-state index in [0.717, 1.165) is 47.8 Å². The van der Waals surface area contributed by atoms with Crippen LogP contribution in [0, 0.1) is 11.3 Å². The largest absolute Gasteiger partial charge is 0.447 e. The molecule has 45 heavy (non-hydrogen) atoms. The second-order valence-corrected chi connectivity index (χ2v) is 13.9. The van der Waals surface area contributed by atoms with Crippen molar-refractivity contribution in [3.63, 3.8) is 0 Å². The van der Waals surface area contributed by atoms with E-state index in [4.69, 9.17) is 15.5 Å². The van der Waals surface area contributed by atoms with E-state index in [9.17, 15) is 27.9 Å². The van der Waals surface area contributed by atoms with Crippen molar-refractivity contribution in [1.29, 1.82) is 0 Å². The van der Waals surface area contributed by atoms with Gasteiger partial charge in [0.15, 0.2) is 5.01 Å². The summed E-state index contributed by atoms with van der Waals surface area (Å²) < 4.78 is 48.8. The van der Waals surface area contributed by atoms with Crippen molar-refractivity contribution in [2.75, 3.05) is 37.7 Å². The van der Waals surface area contributed by atoms with E-state index in [1.807, 2.05) is 30.3 Å². The summed E-state index contributed by atoms with van der Waals surface area (Å²) in [6.07, 6.45) is -2.07. The molecule has 0 spiro atoms. The molecule has 2 aliphatic carbocycles. The molecule has 0 bridgehead atoms. The molecular weight excluding hydrogens is 607 g/mol. The molecule has 2 unspecified atom stereocenters. The third-order valence-corrected chi connectivity index (χ3v) is 11.4. The van der Waals surface area contributed by atoms with Gasteiger partial charge in [-0.15, -0.1) is 0 Å². The predicted octanol–water partition coefficient (Wildman–Crippen LogP) is 5.37. The molecule has 13 heteroatoms. The summed E-state index contributed by atoms with van der Waals surface area (Å²) in [5.74, 6) is -1.73. The number of halogens is 3. The fourth-order valence-corrected chi connectivity index (χ4v) is 8.48. The van der Waals surface area contributed by atoms with Crippen molar-refractivity contribution in [2.24, 2.45) is 17.1 Å². The Morgan fingerprint density at radius 1 is 1.16 bits per heavy atom. The number of fused-ring (bicyclic) bond motifs is 2. The van der Waals surface area contributed by atoms with Crippen molar-refractivity contribution in [3.8, 4) is 0 Å². The van der Waals surface area contributed by atoms with Gasteiger partial charge in [0.1, 0.15) is 17.0 Å². The number of primary amides is 1. The Kier molecular flexibility index (Phi) is 7.76. The van der Waals surface area contributed by atoms with Crippen molar-refractivity contribution >= 4 is 39.4 Å². The molecule has 3 N–H and O–H groups in total. The highest BCUT2D eigenvalue weighted by Gasteiger charge is 2.67. The van der Waals surface area contributed by atoms with E-state index in [1.54, 1.807) is 4.90 Å². The SMILES string of the molecule is NC(=O)c1nc2cc3c(nc2s1)C([C@@H](CCN1CCC(O)CC1)c1ccc(N2CCOC2=O)cc1)CC(C1(C(F)(F)F)CC1)C3. The van der Waals surface area contributed by atoms with Gasteiger partial charge in [-0.3, -0.25) is 9.69 Å². The molecule has 3 aromatic rings. The Hall–Kier alpha value is -3.29. The molecule has 2 aliphatic heterocycles. The molecule has 4 aliphatic rings. The molecule has 2 saturated heterocycles. The molecule has 240 valence electrons. The Balaban J connectivity index is 1.29. The number of nitrogens with zero attached hydrogens (tertiary/aromatic N) is 4. The first-order chi connectivity index (χ1) is 21.5. The van der Waals surface area contributed by atoms with Gasteiger partial charge in [-0.05, 0) is 92.7 Å². The number of aromatic nitrogens is 2. The van der Waals surface area contributed by atoms with E-state index in [-0.39, 0.29) is 42.2 Å². The number of piperidine rings is 1. The summed E-state index contributed by atoms with van der Waals surface area (Å²) in [5, 5.41) is 10.2. The summed E-state index contributed by atoms with van der Waals surface area (Å²) in [6, 6.07) is 9.52. The number of rotatable bonds is 8. The van der Waals surface area contributed by atoms with Crippen LogP contribution in [-0.2, 0) is 11.2 Å². The van der Waals surface area contributed by atoms with Gasteiger partial charge >= 0.3 is 12.3 Å². The number of hydrogen-bond donors (Lipinski definition) is 2. The summed E-state index contributed by atoms with van der Waals surface area (Å²) in [5.41, 5.74) is 7.49. The second-order valence-electron chi connectivity index (χ2n) is 13.0. The first-order valence-electron chi connectivity index (χ1n) is 15.6. The highest BCUT2D eigenvalue weighted by Crippen LogP contribution is 2.66. The molecule has 7 rings (SSSR count). The molecule has 1 saturated carbocycles. The summed E-state index contributed by atoms with van der Waals surface area (Å²) >= 11 is 1.11. The average molecular weight is 644 g/mol. The van der Waals surface area contributed by atoms with Crippen LogP contribution in [0.15, 0.2) is 30.3 Å². The van der Waals surface area contributed by atoms with Gasteiger partial charge in [0, 0.05) is 30.4 Å². The minimum absolute atomic E-state index is 0.127. The number of likely N-dealkylation sites (tertiary alicyclic amines) is 1. The second kappa shape index (κ2) is 11.5. The molecule has 2 aromatic heterocycles. The number of pyridine rings is 1. The van der Waals surface area contributed by atoms with E-state index in [2.05, 4.69) is 9.88 Å². The standard InChI is InChI=1S/C32H36F3N5O4S/c33-32(34,35)31(8-9-31)20-15-19-16-25-28(45-29(37-25)27(36)42)38-26(19)24(17-20)23(7-12-39-10-5-22(41)6-11-39)18-1-3-21(4-2-18)40-13-14-44-30(40)43/h1-4,16,20,22-24,41H,5-15,17H2,(H2,36,42)/t20?,23-,24?/m0/s1. The van der Waals surface area contributed by atoms with Gasteiger partial charge in [-0.2, -0.15) is 13.2 Å². The number of carbonyl (C=O) groups is 2. The predicted molar refractivity (Wildman–Crippen MR) is 162 cm³/mol. The highest BCUT2D eigenvalue weighted by atomic mass is 32.1. The van der Waals surface area contributed by atoms with E-state index in [1.165, 1.54) is 0 Å². The fourth-order valence-electron chi connectivity index (χ4n) is 7.70. The zero-order valence-electron chi connectivity index (χ0n) is 24.8. The van der Waals surface area contributed by atoms with Gasteiger partial charge in [-0.1, -0.05) is 23.5 Å². The molecule has 2 amide bonds. The van der Waals surface area contributed by atoms with Crippen LogP contribution in [0.1, 0.15) is 77.0 Å². The number of anilines is 1. The van der Waals surface area contributed by atoms with Crippen LogP contribution >= 0.6 is 11.3 Å². The number of amides is 2. The topological polar surface area (TPSA) is 122 Å². The molecular formula is C32H36F3N5O4S. The Labute approximate surface area is 262 Å². The molecule has 9 nitrogen and oxygen atoms in total. The molecule has 0 radical (unpaired) electrons. The van der Waals surface area contributed by atoms with Gasteiger partial charge in [0.25, 0.3) is 5.91 Å². The molecule has 3 atom stereocenters. The summed E-state index contributed by atoms with van der Waals surface area (Å²) in [6.45, 7) is 3.04. The molecule has 3 fully saturated rings.